The number of nitrogens with zero attached hydrogens (tertiary/aromatic N) is 3. The van der Waals surface area contributed by atoms with Crippen molar-refractivity contribution >= 4 is 24.1 Å². The third kappa shape index (κ3) is 3.94. The van der Waals surface area contributed by atoms with E-state index in [-0.39, 0.29) is 29.3 Å². The van der Waals surface area contributed by atoms with Gasteiger partial charge in [-0.15, -0.1) is 0 Å². The second kappa shape index (κ2) is 7.39. The highest BCUT2D eigenvalue weighted by Gasteiger charge is 2.20. The first-order valence-electron chi connectivity index (χ1n) is 6.54. The van der Waals surface area contributed by atoms with Gasteiger partial charge < -0.3 is 19.9 Å². The van der Waals surface area contributed by atoms with Crippen LogP contribution in [0.3, 0.4) is 0 Å². The Labute approximate surface area is 129 Å². The van der Waals surface area contributed by atoms with Crippen molar-refractivity contribution in [3.05, 3.63) is 22.9 Å². The molecule has 0 aromatic carbocycles. The molecule has 120 valence electrons. The number of rotatable bonds is 5. The molecule has 1 aromatic heterocycles. The van der Waals surface area contributed by atoms with Crippen molar-refractivity contribution < 1.29 is 19.1 Å². The van der Waals surface area contributed by atoms with Gasteiger partial charge in [0.2, 0.25) is 0 Å². The molecule has 2 amide bonds. The van der Waals surface area contributed by atoms with Gasteiger partial charge in [-0.2, -0.15) is 0 Å². The first-order chi connectivity index (χ1) is 10.3. The van der Waals surface area contributed by atoms with Crippen LogP contribution in [0.1, 0.15) is 26.4 Å². The maximum atomic E-state index is 12.2. The van der Waals surface area contributed by atoms with Crippen molar-refractivity contribution in [2.75, 3.05) is 40.1 Å². The minimum absolute atomic E-state index is 0.119. The molecule has 0 bridgehead atoms. The highest BCUT2D eigenvalue weighted by molar-refractivity contribution is 6.02. The molecule has 22 heavy (non-hydrogen) atoms. The number of amides is 2. The molecule has 1 N–H and O–H groups in total. The molecule has 0 saturated carbocycles. The standard InChI is InChI=1S/C14H20N4O4/c1-15-14(21)22-8-11-10(7-19)9(13(20)18(4)5)6-12(16-11)17(2)3/h6-7H,8H2,1-5H3,(H,15,21). The van der Waals surface area contributed by atoms with Gasteiger partial charge in [0, 0.05) is 35.2 Å². The largest absolute Gasteiger partial charge is 0.443 e. The van der Waals surface area contributed by atoms with E-state index < -0.39 is 6.09 Å². The zero-order chi connectivity index (χ0) is 16.9. The van der Waals surface area contributed by atoms with Crippen LogP contribution >= 0.6 is 0 Å². The minimum Gasteiger partial charge on any atom is -0.443 e. The summed E-state index contributed by atoms with van der Waals surface area (Å²) >= 11 is 0. The van der Waals surface area contributed by atoms with Crippen molar-refractivity contribution in [3.8, 4) is 0 Å². The number of aromatic nitrogens is 1. The summed E-state index contributed by atoms with van der Waals surface area (Å²) in [6, 6.07) is 1.54. The number of nitrogens with one attached hydrogen (secondary N) is 1. The van der Waals surface area contributed by atoms with Crippen LogP contribution in [0.4, 0.5) is 10.6 Å². The van der Waals surface area contributed by atoms with Crippen molar-refractivity contribution in [1.82, 2.24) is 15.2 Å². The smallest absolute Gasteiger partial charge is 0.407 e. The van der Waals surface area contributed by atoms with Crippen LogP contribution < -0.4 is 10.2 Å². The average molecular weight is 308 g/mol. The highest BCUT2D eigenvalue weighted by Crippen LogP contribution is 2.20. The molecule has 0 aliphatic carbocycles. The maximum Gasteiger partial charge on any atom is 0.407 e. The number of hydrogen-bond donors (Lipinski definition) is 1. The van der Waals surface area contributed by atoms with E-state index in [4.69, 9.17) is 4.74 Å². The Bertz CT molecular complexity index is 584. The van der Waals surface area contributed by atoms with Gasteiger partial charge in [-0.05, 0) is 6.07 Å². The Hall–Kier alpha value is -2.64. The lowest BCUT2D eigenvalue weighted by molar-refractivity contribution is 0.0823. The monoisotopic (exact) mass is 308 g/mol. The van der Waals surface area contributed by atoms with Crippen molar-refractivity contribution in [3.63, 3.8) is 0 Å². The molecule has 8 heteroatoms. The quantitative estimate of drug-likeness (QED) is 0.797. The van der Waals surface area contributed by atoms with E-state index in [1.54, 1.807) is 33.1 Å². The fourth-order valence-corrected chi connectivity index (χ4v) is 1.69. The van der Waals surface area contributed by atoms with E-state index in [2.05, 4.69) is 10.3 Å². The minimum atomic E-state index is -0.644. The molecule has 0 saturated heterocycles. The Morgan fingerprint density at radius 2 is 1.95 bits per heavy atom. The number of carbonyl (C=O) groups is 3. The van der Waals surface area contributed by atoms with E-state index >= 15 is 0 Å². The summed E-state index contributed by atoms with van der Waals surface area (Å²) in [5, 5.41) is 2.30. The number of anilines is 1. The second-order valence-corrected chi connectivity index (χ2v) is 4.93. The van der Waals surface area contributed by atoms with E-state index in [0.717, 1.165) is 0 Å². The second-order valence-electron chi connectivity index (χ2n) is 4.93. The van der Waals surface area contributed by atoms with Crippen LogP contribution in [0.2, 0.25) is 0 Å². The molecule has 8 nitrogen and oxygen atoms in total. The van der Waals surface area contributed by atoms with Crippen LogP contribution in [0.25, 0.3) is 0 Å². The number of ether oxygens (including phenoxy) is 1. The Morgan fingerprint density at radius 3 is 2.41 bits per heavy atom. The van der Waals surface area contributed by atoms with Crippen molar-refractivity contribution in [2.24, 2.45) is 0 Å². The lowest BCUT2D eigenvalue weighted by atomic mass is 10.1. The maximum absolute atomic E-state index is 12.2. The molecule has 1 rings (SSSR count). The fraction of sp³-hybridized carbons (Fsp3) is 0.429. The zero-order valence-electron chi connectivity index (χ0n) is 13.3. The van der Waals surface area contributed by atoms with Crippen LogP contribution in [-0.2, 0) is 11.3 Å². The molecule has 0 fully saturated rings. The predicted molar refractivity (Wildman–Crippen MR) is 81.2 cm³/mol. The zero-order valence-corrected chi connectivity index (χ0v) is 13.3. The van der Waals surface area contributed by atoms with Crippen LogP contribution in [0, 0.1) is 0 Å². The lowest BCUT2D eigenvalue weighted by Gasteiger charge is -2.18. The van der Waals surface area contributed by atoms with Crippen LogP contribution in [-0.4, -0.2) is 63.4 Å². The van der Waals surface area contributed by atoms with Gasteiger partial charge in [0.05, 0.1) is 16.8 Å². The number of carbonyl (C=O) groups excluding carboxylic acids is 3. The molecule has 1 aromatic rings. The number of alkyl carbamates (subject to hydrolysis) is 1. The van der Waals surface area contributed by atoms with Gasteiger partial charge in [0.1, 0.15) is 12.4 Å². The SMILES string of the molecule is CNC(=O)OCc1nc(N(C)C)cc(C(=O)N(C)C)c1C=O. The summed E-state index contributed by atoms with van der Waals surface area (Å²) in [5.41, 5.74) is 0.567. The molecule has 0 radical (unpaired) electrons. The Balaban J connectivity index is 3.36. The van der Waals surface area contributed by atoms with E-state index in [1.165, 1.54) is 18.0 Å². The van der Waals surface area contributed by atoms with Crippen LogP contribution in [0.15, 0.2) is 6.07 Å². The summed E-state index contributed by atoms with van der Waals surface area (Å²) in [7, 11) is 8.13. The van der Waals surface area contributed by atoms with Gasteiger partial charge in [0.15, 0.2) is 6.29 Å². The van der Waals surface area contributed by atoms with Gasteiger partial charge >= 0.3 is 6.09 Å². The lowest BCUT2D eigenvalue weighted by Crippen LogP contribution is -2.26. The van der Waals surface area contributed by atoms with E-state index in [1.807, 2.05) is 0 Å². The van der Waals surface area contributed by atoms with E-state index in [0.29, 0.717) is 12.1 Å². The summed E-state index contributed by atoms with van der Waals surface area (Å²) < 4.78 is 4.93. The summed E-state index contributed by atoms with van der Waals surface area (Å²) in [5.74, 6) is 0.167. The third-order valence-electron chi connectivity index (χ3n) is 2.88. The number of pyridine rings is 1. The van der Waals surface area contributed by atoms with Crippen molar-refractivity contribution in [1.29, 1.82) is 0 Å². The summed E-state index contributed by atoms with van der Waals surface area (Å²) in [4.78, 5) is 42.2. The highest BCUT2D eigenvalue weighted by atomic mass is 16.5. The summed E-state index contributed by atoms with van der Waals surface area (Å²) in [6.07, 6.45) is -0.0967. The molecule has 0 aliphatic rings. The first kappa shape index (κ1) is 17.4. The van der Waals surface area contributed by atoms with Gasteiger partial charge in [-0.25, -0.2) is 9.78 Å². The van der Waals surface area contributed by atoms with Gasteiger partial charge in [-0.3, -0.25) is 9.59 Å². The molecule has 0 spiro atoms. The molecular formula is C14H20N4O4. The topological polar surface area (TPSA) is 91.8 Å². The predicted octanol–water partition coefficient (Wildman–Crippen LogP) is 0.518. The Morgan fingerprint density at radius 1 is 1.32 bits per heavy atom. The normalized spacial score (nSPS) is 9.86. The fourth-order valence-electron chi connectivity index (χ4n) is 1.69. The number of aldehydes is 1. The molecule has 0 atom stereocenters. The number of hydrogen-bond acceptors (Lipinski definition) is 6. The third-order valence-corrected chi connectivity index (χ3v) is 2.88. The average Bonchev–Trinajstić information content (AvgIpc) is 2.50. The van der Waals surface area contributed by atoms with Crippen molar-refractivity contribution in [2.45, 2.75) is 6.61 Å². The first-order valence-corrected chi connectivity index (χ1v) is 6.54. The van der Waals surface area contributed by atoms with Gasteiger partial charge in [0.25, 0.3) is 5.91 Å². The molecular weight excluding hydrogens is 288 g/mol. The van der Waals surface area contributed by atoms with Gasteiger partial charge in [-0.1, -0.05) is 0 Å². The summed E-state index contributed by atoms with van der Waals surface area (Å²) in [6.45, 7) is -0.205. The van der Waals surface area contributed by atoms with Crippen LogP contribution in [0.5, 0.6) is 0 Å². The molecule has 0 unspecified atom stereocenters. The Kier molecular flexibility index (Phi) is 5.85. The molecule has 1 heterocycles. The molecule has 0 aliphatic heterocycles. The van der Waals surface area contributed by atoms with E-state index in [9.17, 15) is 14.4 Å².